The first-order valence-corrected chi connectivity index (χ1v) is 5.93. The number of imidazole rings is 1. The van der Waals surface area contributed by atoms with E-state index in [-0.39, 0.29) is 6.04 Å². The van der Waals surface area contributed by atoms with Gasteiger partial charge in [0.2, 0.25) is 0 Å². The summed E-state index contributed by atoms with van der Waals surface area (Å²) < 4.78 is 1.99. The Kier molecular flexibility index (Phi) is 3.50. The number of hydrogen-bond acceptors (Lipinski definition) is 2. The van der Waals surface area contributed by atoms with E-state index in [1.165, 1.54) is 0 Å². The molecule has 0 amide bonds. The van der Waals surface area contributed by atoms with Crippen molar-refractivity contribution in [2.75, 3.05) is 0 Å². The quantitative estimate of drug-likeness (QED) is 0.909. The van der Waals surface area contributed by atoms with E-state index in [2.05, 4.69) is 4.98 Å². The number of halogens is 1. The zero-order chi connectivity index (χ0) is 12.4. The summed E-state index contributed by atoms with van der Waals surface area (Å²) in [5.74, 6) is 0.991. The van der Waals surface area contributed by atoms with Crippen molar-refractivity contribution in [3.05, 3.63) is 52.6 Å². The van der Waals surface area contributed by atoms with Crippen molar-refractivity contribution in [1.29, 1.82) is 0 Å². The van der Waals surface area contributed by atoms with Crippen molar-refractivity contribution in [3.63, 3.8) is 0 Å². The maximum absolute atomic E-state index is 6.18. The van der Waals surface area contributed by atoms with Crippen LogP contribution in [0.3, 0.4) is 0 Å². The van der Waals surface area contributed by atoms with E-state index < -0.39 is 0 Å². The highest BCUT2D eigenvalue weighted by Crippen LogP contribution is 2.21. The van der Waals surface area contributed by atoms with Gasteiger partial charge in [-0.25, -0.2) is 4.98 Å². The van der Waals surface area contributed by atoms with Crippen molar-refractivity contribution in [2.24, 2.45) is 12.8 Å². The number of nitrogens with zero attached hydrogens (tertiary/aromatic N) is 2. The lowest BCUT2D eigenvalue weighted by Crippen LogP contribution is -2.15. The summed E-state index contributed by atoms with van der Waals surface area (Å²) in [4.78, 5) is 4.28. The van der Waals surface area contributed by atoms with Crippen LogP contribution in [0.5, 0.6) is 0 Å². The van der Waals surface area contributed by atoms with Crippen LogP contribution >= 0.6 is 11.6 Å². The van der Waals surface area contributed by atoms with Gasteiger partial charge in [0.25, 0.3) is 0 Å². The minimum Gasteiger partial charge on any atom is -0.338 e. The van der Waals surface area contributed by atoms with Gasteiger partial charge >= 0.3 is 0 Å². The van der Waals surface area contributed by atoms with Crippen LogP contribution in [0.4, 0.5) is 0 Å². The van der Waals surface area contributed by atoms with E-state index in [0.29, 0.717) is 0 Å². The zero-order valence-corrected chi connectivity index (χ0v) is 10.8. The molecule has 0 aliphatic heterocycles. The fourth-order valence-corrected chi connectivity index (χ4v) is 1.92. The lowest BCUT2D eigenvalue weighted by atomic mass is 10.0. The van der Waals surface area contributed by atoms with E-state index >= 15 is 0 Å². The predicted molar refractivity (Wildman–Crippen MR) is 70.0 cm³/mol. The maximum Gasteiger partial charge on any atom is 0.110 e. The van der Waals surface area contributed by atoms with Gasteiger partial charge in [-0.05, 0) is 24.1 Å². The third-order valence-corrected chi connectivity index (χ3v) is 3.36. The van der Waals surface area contributed by atoms with Crippen LogP contribution in [0.15, 0.2) is 30.6 Å². The second-order valence-corrected chi connectivity index (χ2v) is 4.68. The van der Waals surface area contributed by atoms with E-state index in [4.69, 9.17) is 17.3 Å². The molecule has 2 N–H and O–H groups in total. The average molecular weight is 250 g/mol. The topological polar surface area (TPSA) is 43.8 Å². The molecule has 0 radical (unpaired) electrons. The second kappa shape index (κ2) is 4.90. The molecular formula is C13H16ClN3. The van der Waals surface area contributed by atoms with Gasteiger partial charge in [-0.1, -0.05) is 23.7 Å². The Morgan fingerprint density at radius 3 is 2.82 bits per heavy atom. The summed E-state index contributed by atoms with van der Waals surface area (Å²) in [5.41, 5.74) is 8.33. The minimum absolute atomic E-state index is 0.0490. The van der Waals surface area contributed by atoms with Crippen LogP contribution < -0.4 is 5.73 Å². The fourth-order valence-electron chi connectivity index (χ4n) is 1.81. The smallest absolute Gasteiger partial charge is 0.110 e. The molecule has 0 saturated heterocycles. The van der Waals surface area contributed by atoms with Crippen LogP contribution in [0.2, 0.25) is 5.02 Å². The molecule has 1 heterocycles. The molecule has 0 saturated carbocycles. The first-order valence-electron chi connectivity index (χ1n) is 5.55. The molecule has 1 atom stereocenters. The van der Waals surface area contributed by atoms with Crippen molar-refractivity contribution in [3.8, 4) is 0 Å². The van der Waals surface area contributed by atoms with Crippen molar-refractivity contribution >= 4 is 11.6 Å². The van der Waals surface area contributed by atoms with Crippen LogP contribution in [0.1, 0.15) is 23.0 Å². The highest BCUT2D eigenvalue weighted by molar-refractivity contribution is 6.31. The average Bonchev–Trinajstić information content (AvgIpc) is 2.68. The minimum atomic E-state index is -0.0490. The summed E-state index contributed by atoms with van der Waals surface area (Å²) in [6.07, 6.45) is 4.44. The van der Waals surface area contributed by atoms with E-state index in [1.54, 1.807) is 6.20 Å². The normalized spacial score (nSPS) is 12.7. The van der Waals surface area contributed by atoms with Gasteiger partial charge in [0.1, 0.15) is 5.82 Å². The van der Waals surface area contributed by atoms with Gasteiger partial charge in [-0.3, -0.25) is 0 Å². The first kappa shape index (κ1) is 12.1. The van der Waals surface area contributed by atoms with E-state index in [0.717, 1.165) is 28.4 Å². The zero-order valence-electron chi connectivity index (χ0n) is 10.0. The van der Waals surface area contributed by atoms with Gasteiger partial charge in [0.05, 0.1) is 0 Å². The fraction of sp³-hybridized carbons (Fsp3) is 0.308. The Hall–Kier alpha value is -1.32. The molecule has 90 valence electrons. The van der Waals surface area contributed by atoms with Gasteiger partial charge in [-0.15, -0.1) is 0 Å². The maximum atomic E-state index is 6.18. The molecule has 2 aromatic rings. The van der Waals surface area contributed by atoms with Crippen molar-refractivity contribution in [1.82, 2.24) is 9.55 Å². The molecule has 2 rings (SSSR count). The summed E-state index contributed by atoms with van der Waals surface area (Å²) in [6, 6.07) is 5.86. The number of rotatable bonds is 3. The van der Waals surface area contributed by atoms with Crippen LogP contribution in [-0.2, 0) is 13.5 Å². The Morgan fingerprint density at radius 1 is 1.47 bits per heavy atom. The van der Waals surface area contributed by atoms with Gasteiger partial charge < -0.3 is 10.3 Å². The lowest BCUT2D eigenvalue weighted by Gasteiger charge is -2.13. The summed E-state index contributed by atoms with van der Waals surface area (Å²) >= 11 is 6.00. The Labute approximate surface area is 106 Å². The third kappa shape index (κ3) is 2.68. The van der Waals surface area contributed by atoms with Crippen LogP contribution in [0.25, 0.3) is 0 Å². The third-order valence-electron chi connectivity index (χ3n) is 2.93. The first-order chi connectivity index (χ1) is 8.08. The molecule has 1 unspecified atom stereocenters. The lowest BCUT2D eigenvalue weighted by molar-refractivity contribution is 0.659. The number of hydrogen-bond donors (Lipinski definition) is 1. The standard InChI is InChI=1S/C13H16ClN3/c1-9-7-10(3-4-11(9)14)12(15)8-13-16-5-6-17(13)2/h3-7,12H,8,15H2,1-2H3. The van der Waals surface area contributed by atoms with Gasteiger partial charge in [0.15, 0.2) is 0 Å². The van der Waals surface area contributed by atoms with E-state index in [1.807, 2.05) is 42.9 Å². The second-order valence-electron chi connectivity index (χ2n) is 4.27. The largest absolute Gasteiger partial charge is 0.338 e. The molecule has 17 heavy (non-hydrogen) atoms. The van der Waals surface area contributed by atoms with E-state index in [9.17, 15) is 0 Å². The Morgan fingerprint density at radius 2 is 2.24 bits per heavy atom. The summed E-state index contributed by atoms with van der Waals surface area (Å²) in [7, 11) is 1.97. The highest BCUT2D eigenvalue weighted by atomic mass is 35.5. The Bertz CT molecular complexity index is 519. The SMILES string of the molecule is Cc1cc(C(N)Cc2nccn2C)ccc1Cl. The molecular weight excluding hydrogens is 234 g/mol. The molecule has 0 aliphatic rings. The summed E-state index contributed by atoms with van der Waals surface area (Å²) in [6.45, 7) is 1.99. The van der Waals surface area contributed by atoms with Crippen molar-refractivity contribution in [2.45, 2.75) is 19.4 Å². The van der Waals surface area contributed by atoms with Gasteiger partial charge in [0, 0.05) is 36.9 Å². The molecule has 4 heteroatoms. The predicted octanol–water partition coefficient (Wildman–Crippen LogP) is 2.62. The molecule has 0 fully saturated rings. The number of benzene rings is 1. The van der Waals surface area contributed by atoms with Gasteiger partial charge in [-0.2, -0.15) is 0 Å². The number of nitrogens with two attached hydrogens (primary N) is 1. The molecule has 1 aromatic carbocycles. The monoisotopic (exact) mass is 249 g/mol. The summed E-state index contributed by atoms with van der Waals surface area (Å²) in [5, 5.41) is 0.776. The van der Waals surface area contributed by atoms with Crippen LogP contribution in [0, 0.1) is 6.92 Å². The Balaban J connectivity index is 2.17. The van der Waals surface area contributed by atoms with Crippen molar-refractivity contribution < 1.29 is 0 Å². The number of aryl methyl sites for hydroxylation is 2. The molecule has 0 aliphatic carbocycles. The molecule has 0 spiro atoms. The molecule has 1 aromatic heterocycles. The number of aromatic nitrogens is 2. The molecule has 3 nitrogen and oxygen atoms in total. The highest BCUT2D eigenvalue weighted by Gasteiger charge is 2.10. The molecule has 0 bridgehead atoms. The van der Waals surface area contributed by atoms with Crippen LogP contribution in [-0.4, -0.2) is 9.55 Å².